The first-order chi connectivity index (χ1) is 18.2. The molecule has 0 radical (unpaired) electrons. The summed E-state index contributed by atoms with van der Waals surface area (Å²) in [5.74, 6) is 2.44. The minimum Gasteiger partial charge on any atom is -0.459 e. The average Bonchev–Trinajstić information content (AvgIpc) is 3.29. The van der Waals surface area contributed by atoms with Crippen LogP contribution in [0.15, 0.2) is 107 Å². The van der Waals surface area contributed by atoms with Crippen molar-refractivity contribution in [1.29, 1.82) is 0 Å². The molecule has 0 aliphatic carbocycles. The monoisotopic (exact) mass is 504 g/mol. The van der Waals surface area contributed by atoms with Gasteiger partial charge in [0.05, 0.1) is 5.70 Å². The molecule has 0 atom stereocenters. The third-order valence-corrected chi connectivity index (χ3v) is 5.53. The van der Waals surface area contributed by atoms with Crippen LogP contribution in [0.3, 0.4) is 0 Å². The molecule has 0 bridgehead atoms. The minimum atomic E-state index is 0.540. The molecule has 1 heterocycles. The number of ether oxygens (including phenoxy) is 1. The van der Waals surface area contributed by atoms with Crippen molar-refractivity contribution in [3.8, 4) is 11.5 Å². The molecule has 0 spiro atoms. The van der Waals surface area contributed by atoms with Crippen LogP contribution in [0.5, 0.6) is 0 Å². The molecule has 1 aromatic heterocycles. The van der Waals surface area contributed by atoms with Gasteiger partial charge < -0.3 is 14.9 Å². The summed E-state index contributed by atoms with van der Waals surface area (Å²) in [5.41, 5.74) is 13.6. The van der Waals surface area contributed by atoms with Gasteiger partial charge in [0.2, 0.25) is 5.89 Å². The molecule has 0 aliphatic rings. The molecule has 2 aromatic carbocycles. The molecule has 2 N–H and O–H groups in total. The summed E-state index contributed by atoms with van der Waals surface area (Å²) in [6.45, 7) is 19.8. The van der Waals surface area contributed by atoms with Crippen molar-refractivity contribution < 1.29 is 9.15 Å². The fourth-order valence-electron chi connectivity index (χ4n) is 3.65. The standard InChI is InChI=1S/C34H36N2O2/c1-8-10-30(35)33(22-24(5)6)37-25(7)28-17-13-26(14-18-28)11-12-27-15-19-29(20-16-27)34-36-31(21-23(3)4)32(9-2)38-34/h8-21H,2,5,7,22,35H2,1,3-4,6H3/b10-8-,12-11+,33-30-. The number of aromatic nitrogens is 1. The maximum absolute atomic E-state index is 6.16. The van der Waals surface area contributed by atoms with E-state index >= 15 is 0 Å². The number of nitrogens with zero attached hydrogens (tertiary/aromatic N) is 1. The Balaban J connectivity index is 1.69. The van der Waals surface area contributed by atoms with Crippen LogP contribution in [0.25, 0.3) is 41.5 Å². The van der Waals surface area contributed by atoms with Crippen LogP contribution in [0.1, 0.15) is 62.3 Å². The summed E-state index contributed by atoms with van der Waals surface area (Å²) in [6.07, 6.45) is 12.1. The molecule has 4 nitrogen and oxygen atoms in total. The quantitative estimate of drug-likeness (QED) is 0.122. The molecule has 0 unspecified atom stereocenters. The zero-order valence-corrected chi connectivity index (χ0v) is 22.8. The van der Waals surface area contributed by atoms with Crippen LogP contribution in [0, 0.1) is 0 Å². The maximum Gasteiger partial charge on any atom is 0.227 e. The number of benzene rings is 2. The zero-order valence-electron chi connectivity index (χ0n) is 22.8. The summed E-state index contributed by atoms with van der Waals surface area (Å²) in [4.78, 5) is 4.62. The van der Waals surface area contributed by atoms with Crippen LogP contribution in [-0.4, -0.2) is 4.98 Å². The highest BCUT2D eigenvalue weighted by atomic mass is 16.5. The molecule has 3 rings (SSSR count). The third-order valence-electron chi connectivity index (χ3n) is 5.53. The fraction of sp³-hybridized carbons (Fsp3) is 0.147. The van der Waals surface area contributed by atoms with E-state index < -0.39 is 0 Å². The van der Waals surface area contributed by atoms with E-state index in [0.29, 0.717) is 35.3 Å². The third kappa shape index (κ3) is 7.71. The molecular weight excluding hydrogens is 468 g/mol. The fourth-order valence-corrected chi connectivity index (χ4v) is 3.65. The lowest BCUT2D eigenvalue weighted by Gasteiger charge is -2.14. The van der Waals surface area contributed by atoms with Crippen molar-refractivity contribution in [3.63, 3.8) is 0 Å². The van der Waals surface area contributed by atoms with Gasteiger partial charge in [-0.15, -0.1) is 0 Å². The van der Waals surface area contributed by atoms with Gasteiger partial charge in [-0.3, -0.25) is 0 Å². The Morgan fingerprint density at radius 1 is 0.974 bits per heavy atom. The SMILES string of the molecule is C=Cc1oc(-c2ccc(/C=C/c3ccc(C(=C)O/C(CC(=C)C)=C(N)/C=C\C)cc3)cc2)nc1C=C(C)C. The first kappa shape index (κ1) is 28.0. The Hall–Kier alpha value is -4.57. The lowest BCUT2D eigenvalue weighted by atomic mass is 10.1. The van der Waals surface area contributed by atoms with Gasteiger partial charge in [0.1, 0.15) is 17.2 Å². The van der Waals surface area contributed by atoms with Crippen molar-refractivity contribution in [2.75, 3.05) is 0 Å². The van der Waals surface area contributed by atoms with Gasteiger partial charge in [0.15, 0.2) is 5.76 Å². The Bertz CT molecular complexity index is 1420. The van der Waals surface area contributed by atoms with Gasteiger partial charge >= 0.3 is 0 Å². The molecule has 0 saturated carbocycles. The molecule has 0 aliphatic heterocycles. The van der Waals surface area contributed by atoms with Gasteiger partial charge in [0.25, 0.3) is 0 Å². The number of nitrogens with two attached hydrogens (primary N) is 1. The van der Waals surface area contributed by atoms with E-state index in [0.717, 1.165) is 39.1 Å². The predicted octanol–water partition coefficient (Wildman–Crippen LogP) is 9.28. The molecule has 4 heteroatoms. The van der Waals surface area contributed by atoms with Gasteiger partial charge in [-0.2, -0.15) is 0 Å². The Labute approximate surface area is 226 Å². The van der Waals surface area contributed by atoms with E-state index in [9.17, 15) is 0 Å². The second-order valence-electron chi connectivity index (χ2n) is 9.31. The summed E-state index contributed by atoms with van der Waals surface area (Å²) < 4.78 is 11.9. The highest BCUT2D eigenvalue weighted by Gasteiger charge is 2.11. The second kappa shape index (κ2) is 13.1. The smallest absolute Gasteiger partial charge is 0.227 e. The number of hydrogen-bond donors (Lipinski definition) is 1. The molecule has 0 fully saturated rings. The van der Waals surface area contributed by atoms with Crippen molar-refractivity contribution in [1.82, 2.24) is 4.98 Å². The summed E-state index contributed by atoms with van der Waals surface area (Å²) in [5, 5.41) is 0. The van der Waals surface area contributed by atoms with Crippen LogP contribution in [0.4, 0.5) is 0 Å². The minimum absolute atomic E-state index is 0.540. The average molecular weight is 505 g/mol. The van der Waals surface area contributed by atoms with E-state index in [1.807, 2.05) is 94.5 Å². The van der Waals surface area contributed by atoms with Gasteiger partial charge in [-0.05, 0) is 69.2 Å². The lowest BCUT2D eigenvalue weighted by molar-refractivity contribution is 0.367. The van der Waals surface area contributed by atoms with Crippen LogP contribution in [-0.2, 0) is 4.74 Å². The summed E-state index contributed by atoms with van der Waals surface area (Å²) >= 11 is 0. The van der Waals surface area contributed by atoms with Crippen LogP contribution < -0.4 is 5.73 Å². The predicted molar refractivity (Wildman–Crippen MR) is 162 cm³/mol. The largest absolute Gasteiger partial charge is 0.459 e. The molecular formula is C34H36N2O2. The first-order valence-electron chi connectivity index (χ1n) is 12.5. The van der Waals surface area contributed by atoms with Crippen LogP contribution >= 0.6 is 0 Å². The highest BCUT2D eigenvalue weighted by molar-refractivity contribution is 5.72. The number of hydrogen-bond acceptors (Lipinski definition) is 4. The molecule has 38 heavy (non-hydrogen) atoms. The van der Waals surface area contributed by atoms with E-state index in [2.05, 4.69) is 36.9 Å². The van der Waals surface area contributed by atoms with Crippen molar-refractivity contribution in [2.24, 2.45) is 5.73 Å². The Kier molecular flexibility index (Phi) is 9.66. The lowest BCUT2D eigenvalue weighted by Crippen LogP contribution is -2.04. The van der Waals surface area contributed by atoms with E-state index in [1.165, 1.54) is 0 Å². The number of oxazole rings is 1. The number of rotatable bonds is 11. The normalized spacial score (nSPS) is 11.9. The highest BCUT2D eigenvalue weighted by Crippen LogP contribution is 2.26. The molecule has 194 valence electrons. The van der Waals surface area contributed by atoms with E-state index in [4.69, 9.17) is 14.9 Å². The van der Waals surface area contributed by atoms with Gasteiger partial charge in [-0.1, -0.05) is 85.5 Å². The number of allylic oxidation sites excluding steroid dienone is 4. The zero-order chi connectivity index (χ0) is 27.7. The molecule has 3 aromatic rings. The second-order valence-corrected chi connectivity index (χ2v) is 9.31. The van der Waals surface area contributed by atoms with Crippen molar-refractivity contribution in [3.05, 3.63) is 131 Å². The maximum atomic E-state index is 6.16. The topological polar surface area (TPSA) is 61.3 Å². The van der Waals surface area contributed by atoms with Gasteiger partial charge in [-0.25, -0.2) is 4.98 Å². The van der Waals surface area contributed by atoms with Crippen molar-refractivity contribution in [2.45, 2.75) is 34.1 Å². The first-order valence-corrected chi connectivity index (χ1v) is 12.5. The Morgan fingerprint density at radius 3 is 2.11 bits per heavy atom. The summed E-state index contributed by atoms with van der Waals surface area (Å²) in [7, 11) is 0. The van der Waals surface area contributed by atoms with Gasteiger partial charge in [0, 0.05) is 17.5 Å². The van der Waals surface area contributed by atoms with Crippen molar-refractivity contribution >= 4 is 30.1 Å². The molecule has 0 amide bonds. The van der Waals surface area contributed by atoms with E-state index in [1.54, 1.807) is 6.08 Å². The van der Waals surface area contributed by atoms with Crippen LogP contribution in [0.2, 0.25) is 0 Å². The van der Waals surface area contributed by atoms with E-state index in [-0.39, 0.29) is 0 Å². The Morgan fingerprint density at radius 2 is 1.58 bits per heavy atom. The summed E-state index contributed by atoms with van der Waals surface area (Å²) in [6, 6.07) is 16.1. The molecule has 0 saturated heterocycles.